The average Bonchev–Trinajstić information content (AvgIpc) is 2.45. The molecule has 1 N–H and O–H groups in total. The maximum Gasteiger partial charge on any atom is 0.419 e. The summed E-state index contributed by atoms with van der Waals surface area (Å²) in [6, 6.07) is 3.05. The standard InChI is InChI=1S/C15H20F4N2O/c1-10(14-9-21(2)5-6-22-14)20-8-11-3-4-13(16)12(7-11)15(17,18)19/h3-4,7,10,14,20H,5-6,8-9H2,1-2H3/t10-,14+/m0/s1. The van der Waals surface area contributed by atoms with Crippen molar-refractivity contribution in [3.8, 4) is 0 Å². The number of nitrogens with one attached hydrogen (secondary N) is 1. The largest absolute Gasteiger partial charge is 0.419 e. The lowest BCUT2D eigenvalue weighted by molar-refractivity contribution is -0.140. The highest BCUT2D eigenvalue weighted by atomic mass is 19.4. The average molecular weight is 320 g/mol. The van der Waals surface area contributed by atoms with Crippen LogP contribution in [0.3, 0.4) is 0 Å². The van der Waals surface area contributed by atoms with E-state index in [1.165, 1.54) is 6.07 Å². The molecule has 0 unspecified atom stereocenters. The molecule has 22 heavy (non-hydrogen) atoms. The van der Waals surface area contributed by atoms with E-state index < -0.39 is 17.6 Å². The zero-order chi connectivity index (χ0) is 16.3. The number of hydrogen-bond donors (Lipinski definition) is 1. The van der Waals surface area contributed by atoms with E-state index in [9.17, 15) is 17.6 Å². The quantitative estimate of drug-likeness (QED) is 0.863. The SMILES string of the molecule is C[C@H](NCc1ccc(F)c(C(F)(F)F)c1)[C@H]1CN(C)CCO1. The highest BCUT2D eigenvalue weighted by molar-refractivity contribution is 5.27. The van der Waals surface area contributed by atoms with Crippen molar-refractivity contribution in [2.45, 2.75) is 31.8 Å². The number of hydrogen-bond acceptors (Lipinski definition) is 3. The van der Waals surface area contributed by atoms with Crippen LogP contribution in [0, 0.1) is 5.82 Å². The number of ether oxygens (including phenoxy) is 1. The van der Waals surface area contributed by atoms with Crippen molar-refractivity contribution in [3.63, 3.8) is 0 Å². The molecular formula is C15H20F4N2O. The Morgan fingerprint density at radius 2 is 2.14 bits per heavy atom. The summed E-state index contributed by atoms with van der Waals surface area (Å²) in [5, 5.41) is 3.15. The Labute approximate surface area is 127 Å². The molecule has 1 aromatic carbocycles. The van der Waals surface area contributed by atoms with E-state index in [0.717, 1.165) is 25.2 Å². The van der Waals surface area contributed by atoms with Crippen LogP contribution in [0.25, 0.3) is 0 Å². The molecule has 0 amide bonds. The monoisotopic (exact) mass is 320 g/mol. The molecule has 7 heteroatoms. The van der Waals surface area contributed by atoms with Gasteiger partial charge in [0.1, 0.15) is 5.82 Å². The highest BCUT2D eigenvalue weighted by Crippen LogP contribution is 2.31. The van der Waals surface area contributed by atoms with Crippen LogP contribution in [-0.2, 0) is 17.5 Å². The summed E-state index contributed by atoms with van der Waals surface area (Å²) >= 11 is 0. The number of morpholine rings is 1. The molecule has 1 fully saturated rings. The summed E-state index contributed by atoms with van der Waals surface area (Å²) in [4.78, 5) is 2.14. The molecule has 3 nitrogen and oxygen atoms in total. The molecule has 0 aromatic heterocycles. The predicted molar refractivity (Wildman–Crippen MR) is 74.9 cm³/mol. The summed E-state index contributed by atoms with van der Waals surface area (Å²) < 4.78 is 56.9. The van der Waals surface area contributed by atoms with Gasteiger partial charge in [0.25, 0.3) is 0 Å². The first-order chi connectivity index (χ1) is 10.3. The van der Waals surface area contributed by atoms with Crippen LogP contribution in [0.15, 0.2) is 18.2 Å². The van der Waals surface area contributed by atoms with Gasteiger partial charge in [-0.1, -0.05) is 6.07 Å². The van der Waals surface area contributed by atoms with Gasteiger partial charge >= 0.3 is 6.18 Å². The van der Waals surface area contributed by atoms with Gasteiger partial charge in [-0.2, -0.15) is 13.2 Å². The summed E-state index contributed by atoms with van der Waals surface area (Å²) in [6.45, 7) is 4.44. The van der Waals surface area contributed by atoms with Crippen LogP contribution in [0.5, 0.6) is 0 Å². The smallest absolute Gasteiger partial charge is 0.374 e. The van der Waals surface area contributed by atoms with E-state index in [4.69, 9.17) is 4.74 Å². The minimum absolute atomic E-state index is 0.0119. The van der Waals surface area contributed by atoms with E-state index in [1.54, 1.807) is 0 Å². The van der Waals surface area contributed by atoms with Crippen molar-refractivity contribution in [1.29, 1.82) is 0 Å². The van der Waals surface area contributed by atoms with Gasteiger partial charge < -0.3 is 15.0 Å². The zero-order valence-corrected chi connectivity index (χ0v) is 12.6. The number of rotatable bonds is 4. The van der Waals surface area contributed by atoms with E-state index in [-0.39, 0.29) is 18.7 Å². The first kappa shape index (κ1) is 17.2. The van der Waals surface area contributed by atoms with Gasteiger partial charge in [0.2, 0.25) is 0 Å². The first-order valence-corrected chi connectivity index (χ1v) is 7.16. The van der Waals surface area contributed by atoms with Crippen molar-refractivity contribution >= 4 is 0 Å². The Balaban J connectivity index is 1.96. The van der Waals surface area contributed by atoms with Gasteiger partial charge in [-0.15, -0.1) is 0 Å². The molecule has 1 heterocycles. The van der Waals surface area contributed by atoms with Crippen LogP contribution in [0.4, 0.5) is 17.6 Å². The third-order valence-electron chi connectivity index (χ3n) is 3.82. The molecule has 1 aliphatic heterocycles. The summed E-state index contributed by atoms with van der Waals surface area (Å²) in [5.74, 6) is -1.25. The molecule has 124 valence electrons. The van der Waals surface area contributed by atoms with Crippen molar-refractivity contribution in [2.24, 2.45) is 0 Å². The predicted octanol–water partition coefficient (Wildman–Crippen LogP) is 2.65. The van der Waals surface area contributed by atoms with Gasteiger partial charge in [0.05, 0.1) is 18.3 Å². The van der Waals surface area contributed by atoms with E-state index in [1.807, 2.05) is 14.0 Å². The molecule has 0 bridgehead atoms. The molecule has 1 saturated heterocycles. The van der Waals surface area contributed by atoms with Gasteiger partial charge in [0.15, 0.2) is 0 Å². The maximum atomic E-state index is 13.2. The fourth-order valence-corrected chi connectivity index (χ4v) is 2.42. The molecular weight excluding hydrogens is 300 g/mol. The van der Waals surface area contributed by atoms with Crippen LogP contribution < -0.4 is 5.32 Å². The topological polar surface area (TPSA) is 24.5 Å². The van der Waals surface area contributed by atoms with E-state index >= 15 is 0 Å². The molecule has 1 aliphatic rings. The second kappa shape index (κ2) is 6.93. The van der Waals surface area contributed by atoms with E-state index in [2.05, 4.69) is 10.2 Å². The molecule has 0 spiro atoms. The fraction of sp³-hybridized carbons (Fsp3) is 0.600. The molecule has 0 saturated carbocycles. The molecule has 2 rings (SSSR count). The maximum absolute atomic E-state index is 13.2. The third-order valence-corrected chi connectivity index (χ3v) is 3.82. The second-order valence-corrected chi connectivity index (χ2v) is 5.65. The lowest BCUT2D eigenvalue weighted by Gasteiger charge is -2.34. The number of halogens is 4. The van der Waals surface area contributed by atoms with Crippen molar-refractivity contribution in [3.05, 3.63) is 35.1 Å². The minimum Gasteiger partial charge on any atom is -0.374 e. The molecule has 2 atom stereocenters. The number of alkyl halides is 3. The summed E-state index contributed by atoms with van der Waals surface area (Å²) in [6.07, 6.45) is -4.69. The Bertz CT molecular complexity index is 507. The third kappa shape index (κ3) is 4.41. The van der Waals surface area contributed by atoms with E-state index in [0.29, 0.717) is 12.2 Å². The first-order valence-electron chi connectivity index (χ1n) is 7.16. The zero-order valence-electron chi connectivity index (χ0n) is 12.6. The summed E-state index contributed by atoms with van der Waals surface area (Å²) in [7, 11) is 2.00. The fourth-order valence-electron chi connectivity index (χ4n) is 2.42. The van der Waals surface area contributed by atoms with Gasteiger partial charge in [-0.3, -0.25) is 0 Å². The molecule has 0 aliphatic carbocycles. The Morgan fingerprint density at radius 3 is 2.77 bits per heavy atom. The van der Waals surface area contributed by atoms with Crippen LogP contribution in [0.1, 0.15) is 18.1 Å². The highest BCUT2D eigenvalue weighted by Gasteiger charge is 2.34. The van der Waals surface area contributed by atoms with Crippen LogP contribution >= 0.6 is 0 Å². The lowest BCUT2D eigenvalue weighted by atomic mass is 10.1. The van der Waals surface area contributed by atoms with Crippen molar-refractivity contribution in [2.75, 3.05) is 26.7 Å². The van der Waals surface area contributed by atoms with Crippen LogP contribution in [0.2, 0.25) is 0 Å². The van der Waals surface area contributed by atoms with Gasteiger partial charge in [-0.05, 0) is 31.7 Å². The Kier molecular flexibility index (Phi) is 5.41. The molecule has 1 aromatic rings. The van der Waals surface area contributed by atoms with Gasteiger partial charge in [0, 0.05) is 25.7 Å². The van der Waals surface area contributed by atoms with Crippen molar-refractivity contribution in [1.82, 2.24) is 10.2 Å². The normalized spacial score (nSPS) is 21.8. The number of nitrogens with zero attached hydrogens (tertiary/aromatic N) is 1. The number of benzene rings is 1. The van der Waals surface area contributed by atoms with Crippen LogP contribution in [-0.4, -0.2) is 43.8 Å². The second-order valence-electron chi connectivity index (χ2n) is 5.65. The van der Waals surface area contributed by atoms with Crippen molar-refractivity contribution < 1.29 is 22.3 Å². The number of likely N-dealkylation sites (N-methyl/N-ethyl adjacent to an activating group) is 1. The Hall–Kier alpha value is -1.18. The summed E-state index contributed by atoms with van der Waals surface area (Å²) in [5.41, 5.74) is -0.835. The minimum atomic E-state index is -4.68. The molecule has 0 radical (unpaired) electrons. The van der Waals surface area contributed by atoms with Gasteiger partial charge in [-0.25, -0.2) is 4.39 Å². The lowest BCUT2D eigenvalue weighted by Crippen LogP contribution is -2.49. The Morgan fingerprint density at radius 1 is 1.41 bits per heavy atom.